The molecular formula is C26H33N10O3+. The first kappa shape index (κ1) is 25.1. The van der Waals surface area contributed by atoms with Crippen LogP contribution in [0.3, 0.4) is 0 Å². The number of nitrogens with zero attached hydrogens (tertiary/aromatic N) is 8. The Bertz CT molecular complexity index is 1420. The van der Waals surface area contributed by atoms with Crippen molar-refractivity contribution in [3.05, 3.63) is 54.1 Å². The number of hydrogen-bond donors (Lipinski definition) is 2. The predicted molar refractivity (Wildman–Crippen MR) is 144 cm³/mol. The normalized spacial score (nSPS) is 17.2. The molecule has 0 bridgehead atoms. The van der Waals surface area contributed by atoms with Crippen LogP contribution in [0.1, 0.15) is 30.7 Å². The van der Waals surface area contributed by atoms with Gasteiger partial charge in [0.15, 0.2) is 11.5 Å². The molecule has 0 saturated carbocycles. The summed E-state index contributed by atoms with van der Waals surface area (Å²) in [7, 11) is 5.21. The highest BCUT2D eigenvalue weighted by atomic mass is 16.5. The number of piperidine rings is 1. The van der Waals surface area contributed by atoms with E-state index in [0.717, 1.165) is 49.1 Å². The van der Waals surface area contributed by atoms with E-state index in [1.165, 1.54) is 5.56 Å². The summed E-state index contributed by atoms with van der Waals surface area (Å²) in [5.41, 5.74) is 8.09. The van der Waals surface area contributed by atoms with Gasteiger partial charge in [-0.05, 0) is 54.7 Å². The van der Waals surface area contributed by atoms with Crippen LogP contribution >= 0.6 is 0 Å². The molecule has 0 aliphatic carbocycles. The van der Waals surface area contributed by atoms with Crippen molar-refractivity contribution >= 4 is 23.1 Å². The summed E-state index contributed by atoms with van der Waals surface area (Å²) in [5.74, 6) is 3.99. The second kappa shape index (κ2) is 10.9. The molecule has 3 aromatic heterocycles. The maximum atomic E-state index is 6.03. The number of rotatable bonds is 9. The summed E-state index contributed by atoms with van der Waals surface area (Å²) in [6, 6.07) is 16.8. The molecule has 13 heteroatoms. The molecular weight excluding hydrogens is 500 g/mol. The van der Waals surface area contributed by atoms with Gasteiger partial charge < -0.3 is 24.0 Å². The fourth-order valence-corrected chi connectivity index (χ4v) is 5.01. The van der Waals surface area contributed by atoms with Crippen molar-refractivity contribution in [3.63, 3.8) is 0 Å². The Hall–Kier alpha value is -4.23. The molecule has 2 aliphatic heterocycles. The standard InChI is InChI=1S/C26H32N10O3/c1-33(23-10-8-21-27-29-25(37-2)35(21)31-23)16-17-39-20-6-4-18(5-7-20)19-12-14-34(15-13-19)24-11-9-22-28-30-26(38-3)36(22)32-24/h4-11,19,25H,12-17H2,1-3H3,(H,29,31)/p+1/t25-/m1/s1. The highest BCUT2D eigenvalue weighted by molar-refractivity contribution is 5.47. The number of ether oxygens (including phenoxy) is 3. The Morgan fingerprint density at radius 1 is 1.03 bits per heavy atom. The summed E-state index contributed by atoms with van der Waals surface area (Å²) >= 11 is 0. The summed E-state index contributed by atoms with van der Waals surface area (Å²) < 4.78 is 20.1. The molecule has 1 saturated heterocycles. The number of likely N-dealkylation sites (N-methyl/N-ethyl adjacent to an activating group) is 1. The Morgan fingerprint density at radius 2 is 1.85 bits per heavy atom. The molecule has 13 nitrogen and oxygen atoms in total. The van der Waals surface area contributed by atoms with E-state index in [1.807, 2.05) is 31.3 Å². The maximum absolute atomic E-state index is 6.03. The molecule has 0 unspecified atom stereocenters. The molecule has 39 heavy (non-hydrogen) atoms. The van der Waals surface area contributed by atoms with Crippen LogP contribution in [0.25, 0.3) is 5.65 Å². The lowest BCUT2D eigenvalue weighted by atomic mass is 9.89. The first-order chi connectivity index (χ1) is 19.1. The van der Waals surface area contributed by atoms with Crippen molar-refractivity contribution in [1.82, 2.24) is 30.3 Å². The monoisotopic (exact) mass is 533 g/mol. The van der Waals surface area contributed by atoms with E-state index in [9.17, 15) is 0 Å². The summed E-state index contributed by atoms with van der Waals surface area (Å²) in [4.78, 5) is 4.37. The first-order valence-electron chi connectivity index (χ1n) is 13.1. The van der Waals surface area contributed by atoms with Crippen molar-refractivity contribution < 1.29 is 18.9 Å². The molecule has 0 radical (unpaired) electrons. The van der Waals surface area contributed by atoms with Crippen molar-refractivity contribution in [2.45, 2.75) is 25.1 Å². The Labute approximate surface area is 226 Å². The van der Waals surface area contributed by atoms with Gasteiger partial charge in [0.2, 0.25) is 0 Å². The van der Waals surface area contributed by atoms with Gasteiger partial charge in [-0.15, -0.1) is 10.2 Å². The van der Waals surface area contributed by atoms with E-state index < -0.39 is 0 Å². The van der Waals surface area contributed by atoms with Crippen molar-refractivity contribution in [2.24, 2.45) is 0 Å². The largest absolute Gasteiger partial charge is 0.492 e. The van der Waals surface area contributed by atoms with Gasteiger partial charge in [0, 0.05) is 33.3 Å². The van der Waals surface area contributed by atoms with Crippen LogP contribution in [0.15, 0.2) is 48.5 Å². The van der Waals surface area contributed by atoms with E-state index in [2.05, 4.69) is 65.3 Å². The van der Waals surface area contributed by atoms with Crippen molar-refractivity contribution in [2.75, 3.05) is 62.7 Å². The Kier molecular flexibility index (Phi) is 6.99. The molecule has 6 rings (SSSR count). The fraction of sp³-hybridized carbons (Fsp3) is 0.423. The molecule has 1 fully saturated rings. The highest BCUT2D eigenvalue weighted by Gasteiger charge is 2.30. The van der Waals surface area contributed by atoms with Crippen LogP contribution in [0.2, 0.25) is 0 Å². The van der Waals surface area contributed by atoms with Gasteiger partial charge in [-0.2, -0.15) is 9.94 Å². The van der Waals surface area contributed by atoms with Crippen LogP contribution in [0.5, 0.6) is 11.8 Å². The number of hydrogen-bond acceptors (Lipinski definition) is 11. The summed E-state index contributed by atoms with van der Waals surface area (Å²) in [5, 5.41) is 17.4. The lowest BCUT2D eigenvalue weighted by molar-refractivity contribution is -0.792. The van der Waals surface area contributed by atoms with Gasteiger partial charge in [-0.25, -0.2) is 0 Å². The zero-order chi connectivity index (χ0) is 26.8. The predicted octanol–water partition coefficient (Wildman–Crippen LogP) is 1.75. The molecule has 2 aliphatic rings. The fourth-order valence-electron chi connectivity index (χ4n) is 5.01. The maximum Gasteiger partial charge on any atom is 0.338 e. The topological polar surface area (TPSA) is 118 Å². The molecule has 204 valence electrons. The zero-order valence-corrected chi connectivity index (χ0v) is 22.3. The molecule has 1 atom stereocenters. The Morgan fingerprint density at radius 3 is 2.62 bits per heavy atom. The van der Waals surface area contributed by atoms with Crippen LogP contribution < -0.4 is 34.8 Å². The SMILES string of the molecule is COc1nnc2ccc(N3CCC(c4ccc(OCCN(C)c5ccc6[n+](n5)[C@H](OC)NN6)cc4)CC3)nn12. The average molecular weight is 534 g/mol. The van der Waals surface area contributed by atoms with Crippen LogP contribution in [-0.2, 0) is 4.74 Å². The molecule has 4 aromatic rings. The van der Waals surface area contributed by atoms with Gasteiger partial charge in [-0.3, -0.25) is 0 Å². The quantitative estimate of drug-likeness (QED) is 0.306. The number of anilines is 3. The zero-order valence-electron chi connectivity index (χ0n) is 22.3. The van der Waals surface area contributed by atoms with E-state index in [0.29, 0.717) is 30.7 Å². The number of fused-ring (bicyclic) bond motifs is 2. The first-order valence-corrected chi connectivity index (χ1v) is 13.1. The van der Waals surface area contributed by atoms with Gasteiger partial charge in [0.1, 0.15) is 18.2 Å². The third-order valence-electron chi connectivity index (χ3n) is 7.28. The summed E-state index contributed by atoms with van der Waals surface area (Å²) in [6.45, 7) is 3.12. The van der Waals surface area contributed by atoms with Crippen molar-refractivity contribution in [3.8, 4) is 11.8 Å². The van der Waals surface area contributed by atoms with Crippen LogP contribution in [0.4, 0.5) is 17.5 Å². The lowest BCUT2D eigenvalue weighted by Gasteiger charge is -2.33. The number of methoxy groups -OCH3 is 2. The minimum absolute atomic E-state index is 0.333. The summed E-state index contributed by atoms with van der Waals surface area (Å²) in [6.07, 6.45) is 1.79. The van der Waals surface area contributed by atoms with E-state index in [-0.39, 0.29) is 6.35 Å². The molecule has 1 aromatic carbocycles. The second-order valence-corrected chi connectivity index (χ2v) is 9.63. The van der Waals surface area contributed by atoms with Gasteiger partial charge >= 0.3 is 18.2 Å². The van der Waals surface area contributed by atoms with Crippen LogP contribution in [-0.4, -0.2) is 72.4 Å². The van der Waals surface area contributed by atoms with E-state index in [1.54, 1.807) is 23.4 Å². The van der Waals surface area contributed by atoms with Crippen molar-refractivity contribution in [1.29, 1.82) is 0 Å². The van der Waals surface area contributed by atoms with Gasteiger partial charge in [0.25, 0.3) is 0 Å². The second-order valence-electron chi connectivity index (χ2n) is 9.63. The minimum Gasteiger partial charge on any atom is -0.492 e. The molecule has 2 N–H and O–H groups in total. The average Bonchev–Trinajstić information content (AvgIpc) is 3.60. The van der Waals surface area contributed by atoms with E-state index >= 15 is 0 Å². The van der Waals surface area contributed by atoms with Crippen LogP contribution in [0, 0.1) is 0 Å². The highest BCUT2D eigenvalue weighted by Crippen LogP contribution is 2.31. The Balaban J connectivity index is 0.994. The van der Waals surface area contributed by atoms with Gasteiger partial charge in [-0.1, -0.05) is 32.4 Å². The number of hydrazine groups is 1. The molecule has 0 amide bonds. The molecule has 5 heterocycles. The third kappa shape index (κ3) is 5.10. The number of aromatic nitrogens is 6. The molecule has 0 spiro atoms. The minimum atomic E-state index is -0.333. The lowest BCUT2D eigenvalue weighted by Crippen LogP contribution is -2.45. The van der Waals surface area contributed by atoms with E-state index in [4.69, 9.17) is 14.2 Å². The van der Waals surface area contributed by atoms with Gasteiger partial charge in [0.05, 0.1) is 13.7 Å². The number of benzene rings is 1. The smallest absolute Gasteiger partial charge is 0.338 e. The number of nitrogens with one attached hydrogen (secondary N) is 2. The third-order valence-corrected chi connectivity index (χ3v) is 7.28.